The molecule has 0 amide bonds. The van der Waals surface area contributed by atoms with Crippen LogP contribution in [-0.2, 0) is 0 Å². The molecule has 4 heteroatoms. The van der Waals surface area contributed by atoms with Gasteiger partial charge in [0.15, 0.2) is 17.5 Å². The van der Waals surface area contributed by atoms with Crippen molar-refractivity contribution in [2.24, 2.45) is 0 Å². The van der Waals surface area contributed by atoms with Crippen LogP contribution < -0.4 is 0 Å². The Morgan fingerprint density at radius 3 is 1.48 bits per heavy atom. The maximum absolute atomic E-state index is 10.5. The van der Waals surface area contributed by atoms with E-state index in [1.165, 1.54) is 33.0 Å². The Balaban J connectivity index is 0.919. The summed E-state index contributed by atoms with van der Waals surface area (Å²) in [5, 5.41) is 13.1. The zero-order chi connectivity index (χ0) is 44.0. The number of nitrogens with zero attached hydrogens (tertiary/aromatic N) is 4. The minimum atomic E-state index is 0.585. The summed E-state index contributed by atoms with van der Waals surface area (Å²) in [5.41, 5.74) is 18.8. The number of hydrogen-bond donors (Lipinski definition) is 0. The van der Waals surface area contributed by atoms with Crippen molar-refractivity contribution >= 4 is 10.8 Å². The van der Waals surface area contributed by atoms with Gasteiger partial charge in [0.2, 0.25) is 0 Å². The summed E-state index contributed by atoms with van der Waals surface area (Å²) >= 11 is 0. The van der Waals surface area contributed by atoms with Crippen molar-refractivity contribution in [2.75, 3.05) is 0 Å². The van der Waals surface area contributed by atoms with Gasteiger partial charge in [0.25, 0.3) is 0 Å². The number of hydrogen-bond acceptors (Lipinski definition) is 4. The zero-order valence-electron chi connectivity index (χ0n) is 35.7. The first-order valence-corrected chi connectivity index (χ1v) is 22.1. The van der Waals surface area contributed by atoms with Gasteiger partial charge in [-0.1, -0.05) is 206 Å². The highest BCUT2D eigenvalue weighted by Crippen LogP contribution is 2.48. The number of fused-ring (bicyclic) bond motifs is 3. The third kappa shape index (κ3) is 6.84. The van der Waals surface area contributed by atoms with E-state index in [4.69, 9.17) is 15.0 Å². The van der Waals surface area contributed by atoms with E-state index in [1.807, 2.05) is 54.6 Å². The fourth-order valence-corrected chi connectivity index (χ4v) is 9.59. The summed E-state index contributed by atoms with van der Waals surface area (Å²) in [7, 11) is 0. The number of benzene rings is 10. The van der Waals surface area contributed by atoms with Gasteiger partial charge in [-0.2, -0.15) is 5.26 Å². The smallest absolute Gasteiger partial charge is 0.164 e. The van der Waals surface area contributed by atoms with E-state index in [0.29, 0.717) is 23.0 Å². The Bertz CT molecular complexity index is 3690. The monoisotopic (exact) mass is 838 g/mol. The van der Waals surface area contributed by atoms with Crippen molar-refractivity contribution in [1.29, 1.82) is 5.26 Å². The van der Waals surface area contributed by atoms with Crippen LogP contribution in [0.1, 0.15) is 5.56 Å². The number of nitriles is 1. The van der Waals surface area contributed by atoms with Crippen molar-refractivity contribution in [2.45, 2.75) is 0 Å². The standard InChI is InChI=1S/C62H38N4/c63-39-50-24-13-27-52(58(50)43-32-30-41(31-33-43)46-34-35-53-54-28-11-18-42-19-12-29-55(59(42)54)57(53)38-46)48-22-10-21-47(37-48)51-25-7-8-26-56(51)62-65-60(44-16-5-2-6-17-44)64-61(66-62)49-23-9-20-45(36-49)40-14-3-1-4-15-40/h1-38H. The molecule has 0 saturated carbocycles. The van der Waals surface area contributed by atoms with Gasteiger partial charge in [0.05, 0.1) is 11.6 Å². The topological polar surface area (TPSA) is 62.5 Å². The van der Waals surface area contributed by atoms with Crippen LogP contribution in [0.4, 0.5) is 0 Å². The first kappa shape index (κ1) is 38.6. The van der Waals surface area contributed by atoms with E-state index in [-0.39, 0.29) is 0 Å². The van der Waals surface area contributed by atoms with Gasteiger partial charge in [-0.3, -0.25) is 0 Å². The second-order valence-corrected chi connectivity index (χ2v) is 16.6. The number of rotatable bonds is 8. The lowest BCUT2D eigenvalue weighted by molar-refractivity contribution is 1.07. The molecule has 1 heterocycles. The van der Waals surface area contributed by atoms with Crippen LogP contribution in [0.3, 0.4) is 0 Å². The summed E-state index contributed by atoms with van der Waals surface area (Å²) < 4.78 is 0. The summed E-state index contributed by atoms with van der Waals surface area (Å²) in [5.74, 6) is 1.79. The molecule has 0 unspecified atom stereocenters. The molecule has 0 aliphatic heterocycles. The molecule has 1 aliphatic rings. The van der Waals surface area contributed by atoms with Crippen molar-refractivity contribution < 1.29 is 0 Å². The predicted octanol–water partition coefficient (Wildman–Crippen LogP) is 15.9. The lowest BCUT2D eigenvalue weighted by Gasteiger charge is -2.15. The molecule has 11 aromatic rings. The summed E-state index contributed by atoms with van der Waals surface area (Å²) in [6.45, 7) is 0. The normalized spacial score (nSPS) is 11.3. The van der Waals surface area contributed by atoms with Crippen LogP contribution in [0.2, 0.25) is 0 Å². The Kier molecular flexibility index (Phi) is 9.51. The second kappa shape index (κ2) is 16.3. The quantitative estimate of drug-likeness (QED) is 0.153. The van der Waals surface area contributed by atoms with E-state index in [9.17, 15) is 5.26 Å². The van der Waals surface area contributed by atoms with Gasteiger partial charge < -0.3 is 0 Å². The summed E-state index contributed by atoms with van der Waals surface area (Å²) in [4.78, 5) is 15.4. The summed E-state index contributed by atoms with van der Waals surface area (Å²) in [6, 6.07) is 82.7. The highest BCUT2D eigenvalue weighted by atomic mass is 15.0. The lowest BCUT2D eigenvalue weighted by Crippen LogP contribution is -2.01. The minimum absolute atomic E-state index is 0.585. The molecule has 0 N–H and O–H groups in total. The lowest BCUT2D eigenvalue weighted by atomic mass is 9.88. The zero-order valence-corrected chi connectivity index (χ0v) is 35.7. The average Bonchev–Trinajstić information content (AvgIpc) is 3.73. The molecule has 10 aromatic carbocycles. The second-order valence-electron chi connectivity index (χ2n) is 16.6. The molecule has 4 nitrogen and oxygen atoms in total. The third-order valence-corrected chi connectivity index (χ3v) is 12.7. The van der Waals surface area contributed by atoms with Gasteiger partial charge >= 0.3 is 0 Å². The van der Waals surface area contributed by atoms with Gasteiger partial charge in [0, 0.05) is 22.3 Å². The third-order valence-electron chi connectivity index (χ3n) is 12.7. The van der Waals surface area contributed by atoms with Crippen LogP contribution in [-0.4, -0.2) is 15.0 Å². The molecular formula is C62H38N4. The predicted molar refractivity (Wildman–Crippen MR) is 270 cm³/mol. The fraction of sp³-hybridized carbons (Fsp3) is 0. The Morgan fingerprint density at radius 2 is 0.742 bits per heavy atom. The van der Waals surface area contributed by atoms with E-state index in [1.54, 1.807) is 0 Å². The molecule has 12 rings (SSSR count). The van der Waals surface area contributed by atoms with Crippen molar-refractivity contribution in [3.8, 4) is 118 Å². The molecule has 1 aromatic heterocycles. The highest BCUT2D eigenvalue weighted by Gasteiger charge is 2.22. The van der Waals surface area contributed by atoms with Crippen LogP contribution >= 0.6 is 0 Å². The van der Waals surface area contributed by atoms with Crippen molar-refractivity contribution in [3.63, 3.8) is 0 Å². The van der Waals surface area contributed by atoms with E-state index in [0.717, 1.165) is 72.3 Å². The maximum atomic E-state index is 10.5. The average molecular weight is 839 g/mol. The Morgan fingerprint density at radius 1 is 0.273 bits per heavy atom. The molecule has 0 saturated heterocycles. The van der Waals surface area contributed by atoms with Gasteiger partial charge in [-0.05, 0) is 107 Å². The first-order valence-electron chi connectivity index (χ1n) is 22.1. The van der Waals surface area contributed by atoms with Gasteiger partial charge in [-0.15, -0.1) is 0 Å². The molecule has 66 heavy (non-hydrogen) atoms. The Hall–Kier alpha value is -9.04. The van der Waals surface area contributed by atoms with E-state index >= 15 is 0 Å². The molecule has 0 spiro atoms. The minimum Gasteiger partial charge on any atom is -0.208 e. The van der Waals surface area contributed by atoms with Gasteiger partial charge in [-0.25, -0.2) is 15.0 Å². The maximum Gasteiger partial charge on any atom is 0.164 e. The fourth-order valence-electron chi connectivity index (χ4n) is 9.59. The first-order chi connectivity index (χ1) is 32.7. The molecule has 0 bridgehead atoms. The Labute approximate surface area is 383 Å². The van der Waals surface area contributed by atoms with E-state index < -0.39 is 0 Å². The molecule has 0 atom stereocenters. The van der Waals surface area contributed by atoms with Crippen molar-refractivity contribution in [1.82, 2.24) is 15.0 Å². The van der Waals surface area contributed by atoms with Crippen LogP contribution in [0.5, 0.6) is 0 Å². The SMILES string of the molecule is N#Cc1cccc(-c2cccc(-c3ccccc3-c3nc(-c4ccccc4)nc(-c4cccc(-c5ccccc5)c4)n3)c2)c1-c1ccc(-c2ccc3c(c2)-c2cccc4cccc-3c24)cc1. The molecule has 1 aliphatic carbocycles. The highest BCUT2D eigenvalue weighted by molar-refractivity contribution is 6.15. The van der Waals surface area contributed by atoms with Crippen LogP contribution in [0, 0.1) is 11.3 Å². The molecule has 306 valence electrons. The van der Waals surface area contributed by atoms with Crippen LogP contribution in [0.25, 0.3) is 123 Å². The molecular weight excluding hydrogens is 801 g/mol. The van der Waals surface area contributed by atoms with Crippen LogP contribution in [0.15, 0.2) is 231 Å². The number of aromatic nitrogens is 3. The molecule has 0 fully saturated rings. The molecule has 0 radical (unpaired) electrons. The van der Waals surface area contributed by atoms with Crippen molar-refractivity contribution in [3.05, 3.63) is 236 Å². The van der Waals surface area contributed by atoms with E-state index in [2.05, 4.69) is 182 Å². The summed E-state index contributed by atoms with van der Waals surface area (Å²) in [6.07, 6.45) is 0. The largest absolute Gasteiger partial charge is 0.208 e. The van der Waals surface area contributed by atoms with Gasteiger partial charge in [0.1, 0.15) is 0 Å².